The van der Waals surface area contributed by atoms with Gasteiger partial charge < -0.3 is 29.8 Å². The second-order valence-electron chi connectivity index (χ2n) is 9.67. The van der Waals surface area contributed by atoms with Crippen LogP contribution in [0, 0.1) is 6.92 Å². The molecule has 0 saturated heterocycles. The van der Waals surface area contributed by atoms with Crippen molar-refractivity contribution < 1.29 is 28.6 Å². The number of hydrogen-bond donors (Lipinski definition) is 3. The maximum Gasteiger partial charge on any atom is 0.407 e. The van der Waals surface area contributed by atoms with Crippen LogP contribution in [0.25, 0.3) is 22.9 Å². The number of nitrogens with zero attached hydrogens (tertiary/aromatic N) is 1. The topological polar surface area (TPSA) is 132 Å². The molecule has 38 heavy (non-hydrogen) atoms. The highest BCUT2D eigenvalue weighted by Gasteiger charge is 2.27. The van der Waals surface area contributed by atoms with Gasteiger partial charge in [-0.2, -0.15) is 0 Å². The smallest absolute Gasteiger partial charge is 0.407 e. The van der Waals surface area contributed by atoms with Gasteiger partial charge in [-0.15, -0.1) is 0 Å². The molecule has 2 amide bonds. The van der Waals surface area contributed by atoms with E-state index in [4.69, 9.17) is 14.2 Å². The van der Waals surface area contributed by atoms with E-state index >= 15 is 0 Å². The second-order valence-corrected chi connectivity index (χ2v) is 9.67. The van der Waals surface area contributed by atoms with E-state index in [0.29, 0.717) is 39.5 Å². The molecule has 198 valence electrons. The first kappa shape index (κ1) is 26.5. The van der Waals surface area contributed by atoms with E-state index in [9.17, 15) is 14.4 Å². The van der Waals surface area contributed by atoms with Crippen molar-refractivity contribution in [3.8, 4) is 17.0 Å². The van der Waals surface area contributed by atoms with Crippen molar-refractivity contribution in [3.05, 3.63) is 65.1 Å². The molecule has 0 aliphatic carbocycles. The van der Waals surface area contributed by atoms with E-state index in [-0.39, 0.29) is 19.1 Å². The van der Waals surface area contributed by atoms with Crippen LogP contribution in [-0.2, 0) is 14.3 Å². The number of anilines is 1. The Morgan fingerprint density at radius 2 is 1.89 bits per heavy atom. The lowest BCUT2D eigenvalue weighted by atomic mass is 10.0. The first-order chi connectivity index (χ1) is 18.1. The lowest BCUT2D eigenvalue weighted by molar-refractivity contribution is -0.110. The molecule has 3 N–H and O–H groups in total. The Morgan fingerprint density at radius 3 is 2.63 bits per heavy atom. The number of benzene rings is 1. The summed E-state index contributed by atoms with van der Waals surface area (Å²) in [6.07, 6.45) is 2.71. The SMILES string of the molecule is COC(=O)c1cc(C)[nH]c1/C=C1\C(=O)Nc2cnc(-c3ccccc3OCCNC(=O)OC(C)(C)C)cc21. The maximum absolute atomic E-state index is 12.8. The van der Waals surface area contributed by atoms with Gasteiger partial charge in [0.15, 0.2) is 0 Å². The molecule has 3 aromatic rings. The highest BCUT2D eigenvalue weighted by Crippen LogP contribution is 2.37. The average molecular weight is 519 g/mol. The molecule has 10 nitrogen and oxygen atoms in total. The van der Waals surface area contributed by atoms with E-state index in [0.717, 1.165) is 11.3 Å². The van der Waals surface area contributed by atoms with Gasteiger partial charge in [-0.1, -0.05) is 12.1 Å². The highest BCUT2D eigenvalue weighted by molar-refractivity contribution is 6.35. The second kappa shape index (κ2) is 10.8. The Labute approximate surface area is 220 Å². The Hall–Kier alpha value is -4.60. The third kappa shape index (κ3) is 6.03. The van der Waals surface area contributed by atoms with Gasteiger partial charge in [0.2, 0.25) is 0 Å². The molecule has 1 aliphatic rings. The first-order valence-electron chi connectivity index (χ1n) is 12.1. The quantitative estimate of drug-likeness (QED) is 0.237. The molecule has 0 saturated carbocycles. The van der Waals surface area contributed by atoms with Gasteiger partial charge in [-0.25, -0.2) is 9.59 Å². The number of hydrogen-bond acceptors (Lipinski definition) is 7. The Kier molecular flexibility index (Phi) is 7.52. The number of pyridine rings is 1. The van der Waals surface area contributed by atoms with Gasteiger partial charge >= 0.3 is 12.1 Å². The lowest BCUT2D eigenvalue weighted by Gasteiger charge is -2.19. The number of carbonyl (C=O) groups excluding carboxylic acids is 3. The number of alkyl carbamates (subject to hydrolysis) is 1. The predicted octanol–water partition coefficient (Wildman–Crippen LogP) is 4.57. The van der Waals surface area contributed by atoms with Gasteiger partial charge in [0.1, 0.15) is 18.0 Å². The number of nitrogens with one attached hydrogen (secondary N) is 3. The van der Waals surface area contributed by atoms with Crippen LogP contribution in [0.3, 0.4) is 0 Å². The summed E-state index contributed by atoms with van der Waals surface area (Å²) in [6, 6.07) is 10.8. The molecule has 1 aromatic carbocycles. The number of para-hydroxylation sites is 1. The number of rotatable bonds is 7. The van der Waals surface area contributed by atoms with Crippen molar-refractivity contribution in [2.24, 2.45) is 0 Å². The van der Waals surface area contributed by atoms with Gasteiger partial charge in [-0.3, -0.25) is 9.78 Å². The summed E-state index contributed by atoms with van der Waals surface area (Å²) in [7, 11) is 1.31. The van der Waals surface area contributed by atoms with Crippen molar-refractivity contribution in [2.75, 3.05) is 25.6 Å². The average Bonchev–Trinajstić information content (AvgIpc) is 3.39. The number of aromatic amines is 1. The van der Waals surface area contributed by atoms with Crippen molar-refractivity contribution in [3.63, 3.8) is 0 Å². The Bertz CT molecular complexity index is 1420. The Balaban J connectivity index is 1.57. The van der Waals surface area contributed by atoms with Crippen molar-refractivity contribution >= 4 is 35.3 Å². The van der Waals surface area contributed by atoms with Crippen LogP contribution >= 0.6 is 0 Å². The molecule has 0 spiro atoms. The van der Waals surface area contributed by atoms with Crippen LogP contribution in [0.2, 0.25) is 0 Å². The molecule has 2 aromatic heterocycles. The van der Waals surface area contributed by atoms with Crippen LogP contribution in [0.15, 0.2) is 42.6 Å². The molecule has 1 aliphatic heterocycles. The summed E-state index contributed by atoms with van der Waals surface area (Å²) in [6.45, 7) is 7.68. The van der Waals surface area contributed by atoms with E-state index in [2.05, 4.69) is 20.6 Å². The fourth-order valence-corrected chi connectivity index (χ4v) is 3.96. The summed E-state index contributed by atoms with van der Waals surface area (Å²) in [5.74, 6) is -0.232. The first-order valence-corrected chi connectivity index (χ1v) is 12.1. The molecule has 0 bridgehead atoms. The molecule has 0 unspecified atom stereocenters. The number of fused-ring (bicyclic) bond motifs is 1. The third-order valence-electron chi connectivity index (χ3n) is 5.55. The molecule has 10 heteroatoms. The van der Waals surface area contributed by atoms with E-state index in [1.807, 2.05) is 31.2 Å². The number of carbonyl (C=O) groups is 3. The minimum atomic E-state index is -0.582. The van der Waals surface area contributed by atoms with Gasteiger partial charge in [0.05, 0.1) is 48.1 Å². The summed E-state index contributed by atoms with van der Waals surface area (Å²) in [5.41, 5.74) is 3.90. The molecular formula is C28H30N4O6. The summed E-state index contributed by atoms with van der Waals surface area (Å²) in [5, 5.41) is 5.48. The maximum atomic E-state index is 12.8. The lowest BCUT2D eigenvalue weighted by Crippen LogP contribution is -2.34. The zero-order valence-corrected chi connectivity index (χ0v) is 21.9. The summed E-state index contributed by atoms with van der Waals surface area (Å²) < 4.78 is 16.0. The van der Waals surface area contributed by atoms with Crippen LogP contribution in [0.1, 0.15) is 48.1 Å². The van der Waals surface area contributed by atoms with E-state index in [1.165, 1.54) is 7.11 Å². The largest absolute Gasteiger partial charge is 0.491 e. The van der Waals surface area contributed by atoms with Gasteiger partial charge in [-0.05, 0) is 58.0 Å². The summed E-state index contributed by atoms with van der Waals surface area (Å²) in [4.78, 5) is 44.5. The van der Waals surface area contributed by atoms with Gasteiger partial charge in [0, 0.05) is 16.8 Å². The fourth-order valence-electron chi connectivity index (χ4n) is 3.96. The normalized spacial score (nSPS) is 13.6. The van der Waals surface area contributed by atoms with E-state index < -0.39 is 17.7 Å². The van der Waals surface area contributed by atoms with Crippen LogP contribution in [0.5, 0.6) is 5.75 Å². The molecule has 0 radical (unpaired) electrons. The zero-order chi connectivity index (χ0) is 27.4. The molecule has 3 heterocycles. The predicted molar refractivity (Wildman–Crippen MR) is 143 cm³/mol. The standard InChI is InChI=1S/C28H30N4O6/c1-16-12-20(26(34)36-5)22(31-16)14-19-18-13-21(30-15-23(18)32-25(19)33)17-8-6-7-9-24(17)37-11-10-29-27(35)38-28(2,3)4/h6-9,12-15,31H,10-11H2,1-5H3,(H,29,35)(H,32,33)/b19-14-. The van der Waals surface area contributed by atoms with Crippen molar-refractivity contribution in [1.82, 2.24) is 15.3 Å². The number of ether oxygens (including phenoxy) is 3. The molecule has 0 fully saturated rings. The monoisotopic (exact) mass is 518 g/mol. The number of H-pyrrole nitrogens is 1. The Morgan fingerprint density at radius 1 is 1.13 bits per heavy atom. The van der Waals surface area contributed by atoms with Crippen LogP contribution < -0.4 is 15.4 Å². The number of esters is 1. The molecule has 0 atom stereocenters. The number of amides is 2. The minimum absolute atomic E-state index is 0.217. The highest BCUT2D eigenvalue weighted by atomic mass is 16.6. The molecular weight excluding hydrogens is 488 g/mol. The van der Waals surface area contributed by atoms with Crippen LogP contribution in [-0.4, -0.2) is 53.8 Å². The number of aromatic nitrogens is 2. The molecule has 4 rings (SSSR count). The van der Waals surface area contributed by atoms with Crippen molar-refractivity contribution in [2.45, 2.75) is 33.3 Å². The van der Waals surface area contributed by atoms with Gasteiger partial charge in [0.25, 0.3) is 5.91 Å². The van der Waals surface area contributed by atoms with Crippen molar-refractivity contribution in [1.29, 1.82) is 0 Å². The van der Waals surface area contributed by atoms with Crippen LogP contribution in [0.4, 0.5) is 10.5 Å². The number of aryl methyl sites for hydroxylation is 1. The minimum Gasteiger partial charge on any atom is -0.491 e. The number of methoxy groups -OCH3 is 1. The summed E-state index contributed by atoms with van der Waals surface area (Å²) >= 11 is 0. The fraction of sp³-hybridized carbons (Fsp3) is 0.286. The zero-order valence-electron chi connectivity index (χ0n) is 21.9. The third-order valence-corrected chi connectivity index (χ3v) is 5.55. The van der Waals surface area contributed by atoms with E-state index in [1.54, 1.807) is 45.2 Å².